The summed E-state index contributed by atoms with van der Waals surface area (Å²) in [6.07, 6.45) is 1.66. The summed E-state index contributed by atoms with van der Waals surface area (Å²) in [4.78, 5) is 4.35. The molecule has 1 aromatic carbocycles. The number of fused-ring (bicyclic) bond motifs is 1. The molecular formula is C15H21N3O2. The van der Waals surface area contributed by atoms with Gasteiger partial charge < -0.3 is 20.5 Å². The second-order valence-corrected chi connectivity index (χ2v) is 5.09. The van der Waals surface area contributed by atoms with Crippen LogP contribution in [0.25, 0.3) is 10.9 Å². The summed E-state index contributed by atoms with van der Waals surface area (Å²) in [5.41, 5.74) is 8.38. The van der Waals surface area contributed by atoms with E-state index >= 15 is 0 Å². The van der Waals surface area contributed by atoms with Crippen molar-refractivity contribution in [2.24, 2.45) is 5.92 Å². The van der Waals surface area contributed by atoms with Crippen LogP contribution in [-0.4, -0.2) is 25.7 Å². The predicted octanol–water partition coefficient (Wildman–Crippen LogP) is 2.90. The molecule has 0 atom stereocenters. The molecule has 0 aliphatic heterocycles. The third-order valence-electron chi connectivity index (χ3n) is 3.09. The van der Waals surface area contributed by atoms with Gasteiger partial charge in [0.1, 0.15) is 0 Å². The number of methoxy groups -OCH3 is 2. The summed E-state index contributed by atoms with van der Waals surface area (Å²) in [7, 11) is 3.23. The summed E-state index contributed by atoms with van der Waals surface area (Å²) in [5, 5.41) is 4.32. The minimum absolute atomic E-state index is 0.526. The highest BCUT2D eigenvalue weighted by Gasteiger charge is 2.12. The number of ether oxygens (including phenoxy) is 2. The zero-order valence-electron chi connectivity index (χ0n) is 12.4. The van der Waals surface area contributed by atoms with Crippen LogP contribution in [-0.2, 0) is 0 Å². The first-order valence-corrected chi connectivity index (χ1v) is 6.61. The molecule has 0 aliphatic carbocycles. The third-order valence-corrected chi connectivity index (χ3v) is 3.09. The molecule has 0 saturated carbocycles. The van der Waals surface area contributed by atoms with Gasteiger partial charge in [0, 0.05) is 18.0 Å². The van der Waals surface area contributed by atoms with Gasteiger partial charge >= 0.3 is 0 Å². The van der Waals surface area contributed by atoms with Crippen molar-refractivity contribution in [1.82, 2.24) is 4.98 Å². The van der Waals surface area contributed by atoms with Gasteiger partial charge in [-0.25, -0.2) is 0 Å². The summed E-state index contributed by atoms with van der Waals surface area (Å²) in [6.45, 7) is 5.14. The zero-order valence-corrected chi connectivity index (χ0v) is 12.4. The van der Waals surface area contributed by atoms with Crippen molar-refractivity contribution in [2.45, 2.75) is 13.8 Å². The highest BCUT2D eigenvalue weighted by molar-refractivity contribution is 5.98. The normalized spacial score (nSPS) is 10.8. The molecule has 20 heavy (non-hydrogen) atoms. The van der Waals surface area contributed by atoms with Crippen molar-refractivity contribution in [3.63, 3.8) is 0 Å². The maximum Gasteiger partial charge on any atom is 0.162 e. The molecule has 0 bridgehead atoms. The number of nitrogen functional groups attached to an aromatic ring is 1. The maximum atomic E-state index is 6.04. The molecule has 0 radical (unpaired) electrons. The van der Waals surface area contributed by atoms with Crippen molar-refractivity contribution in [2.75, 3.05) is 31.8 Å². The number of hydrogen-bond acceptors (Lipinski definition) is 5. The van der Waals surface area contributed by atoms with Crippen LogP contribution >= 0.6 is 0 Å². The number of benzene rings is 1. The van der Waals surface area contributed by atoms with E-state index in [1.165, 1.54) is 0 Å². The number of anilines is 2. The smallest absolute Gasteiger partial charge is 0.162 e. The fourth-order valence-corrected chi connectivity index (χ4v) is 2.04. The Labute approximate surface area is 119 Å². The van der Waals surface area contributed by atoms with Gasteiger partial charge in [0.2, 0.25) is 0 Å². The van der Waals surface area contributed by atoms with Crippen LogP contribution in [0.1, 0.15) is 13.8 Å². The summed E-state index contributed by atoms with van der Waals surface area (Å²) in [5.74, 6) is 1.85. The van der Waals surface area contributed by atoms with Crippen molar-refractivity contribution < 1.29 is 9.47 Å². The van der Waals surface area contributed by atoms with Crippen LogP contribution in [0.2, 0.25) is 0 Å². The van der Waals surface area contributed by atoms with E-state index in [0.29, 0.717) is 23.1 Å². The first-order chi connectivity index (χ1) is 9.56. The second-order valence-electron chi connectivity index (χ2n) is 5.09. The Balaban J connectivity index is 2.57. The second kappa shape index (κ2) is 5.86. The average molecular weight is 275 g/mol. The highest BCUT2D eigenvalue weighted by atomic mass is 16.5. The van der Waals surface area contributed by atoms with E-state index in [4.69, 9.17) is 15.2 Å². The van der Waals surface area contributed by atoms with Gasteiger partial charge in [0.05, 0.1) is 37.3 Å². The van der Waals surface area contributed by atoms with Crippen LogP contribution in [0.15, 0.2) is 18.3 Å². The Morgan fingerprint density at radius 3 is 2.45 bits per heavy atom. The van der Waals surface area contributed by atoms with Crippen LogP contribution in [0.3, 0.4) is 0 Å². The Kier molecular flexibility index (Phi) is 4.17. The Bertz CT molecular complexity index is 612. The summed E-state index contributed by atoms with van der Waals surface area (Å²) in [6, 6.07) is 3.76. The Morgan fingerprint density at radius 1 is 1.20 bits per heavy atom. The molecular weight excluding hydrogens is 254 g/mol. The van der Waals surface area contributed by atoms with Gasteiger partial charge in [-0.15, -0.1) is 0 Å². The molecule has 5 heteroatoms. The van der Waals surface area contributed by atoms with E-state index < -0.39 is 0 Å². The SMILES string of the molecule is COc1cc2ncc(N)c(NCC(C)C)c2cc1OC. The standard InChI is InChI=1S/C15H21N3O2/c1-9(2)7-18-15-10-5-13(19-3)14(20-4)6-12(10)17-8-11(15)16/h5-6,8-9H,7,16H2,1-4H3,(H,17,18). The van der Waals surface area contributed by atoms with E-state index in [2.05, 4.69) is 24.1 Å². The zero-order chi connectivity index (χ0) is 14.7. The van der Waals surface area contributed by atoms with E-state index in [0.717, 1.165) is 23.1 Å². The maximum absolute atomic E-state index is 6.04. The number of rotatable bonds is 5. The number of hydrogen-bond donors (Lipinski definition) is 2. The largest absolute Gasteiger partial charge is 0.493 e. The Hall–Kier alpha value is -2.17. The fraction of sp³-hybridized carbons (Fsp3) is 0.400. The predicted molar refractivity (Wildman–Crippen MR) is 82.6 cm³/mol. The number of aromatic nitrogens is 1. The minimum Gasteiger partial charge on any atom is -0.493 e. The summed E-state index contributed by atoms with van der Waals surface area (Å²) >= 11 is 0. The molecule has 0 aliphatic rings. The molecule has 108 valence electrons. The highest BCUT2D eigenvalue weighted by Crippen LogP contribution is 2.36. The van der Waals surface area contributed by atoms with Crippen LogP contribution in [0.5, 0.6) is 11.5 Å². The first kappa shape index (κ1) is 14.2. The molecule has 5 nitrogen and oxygen atoms in total. The molecule has 1 heterocycles. The van der Waals surface area contributed by atoms with Crippen molar-refractivity contribution in [1.29, 1.82) is 0 Å². The molecule has 0 spiro atoms. The molecule has 0 fully saturated rings. The van der Waals surface area contributed by atoms with Crippen molar-refractivity contribution in [3.05, 3.63) is 18.3 Å². The van der Waals surface area contributed by atoms with Gasteiger partial charge in [-0.1, -0.05) is 13.8 Å². The molecule has 0 amide bonds. The quantitative estimate of drug-likeness (QED) is 0.878. The first-order valence-electron chi connectivity index (χ1n) is 6.61. The molecule has 0 saturated heterocycles. The lowest BCUT2D eigenvalue weighted by Gasteiger charge is -2.15. The molecule has 1 aromatic heterocycles. The number of pyridine rings is 1. The Morgan fingerprint density at radius 2 is 1.85 bits per heavy atom. The van der Waals surface area contributed by atoms with Gasteiger partial charge in [0.25, 0.3) is 0 Å². The van der Waals surface area contributed by atoms with Gasteiger partial charge in [-0.3, -0.25) is 4.98 Å². The lowest BCUT2D eigenvalue weighted by molar-refractivity contribution is 0.356. The minimum atomic E-state index is 0.526. The van der Waals surface area contributed by atoms with Gasteiger partial charge in [-0.05, 0) is 12.0 Å². The van der Waals surface area contributed by atoms with Crippen LogP contribution < -0.4 is 20.5 Å². The summed E-state index contributed by atoms with van der Waals surface area (Å²) < 4.78 is 10.6. The average Bonchev–Trinajstić information content (AvgIpc) is 2.44. The number of nitrogens with two attached hydrogens (primary N) is 1. The lowest BCUT2D eigenvalue weighted by Crippen LogP contribution is -2.10. The van der Waals surface area contributed by atoms with Gasteiger partial charge in [-0.2, -0.15) is 0 Å². The van der Waals surface area contributed by atoms with Crippen molar-refractivity contribution in [3.8, 4) is 11.5 Å². The van der Waals surface area contributed by atoms with Gasteiger partial charge in [0.15, 0.2) is 11.5 Å². The fourth-order valence-electron chi connectivity index (χ4n) is 2.04. The monoisotopic (exact) mass is 275 g/mol. The van der Waals surface area contributed by atoms with E-state index in [1.807, 2.05) is 12.1 Å². The molecule has 0 unspecified atom stereocenters. The van der Waals surface area contributed by atoms with E-state index in [1.54, 1.807) is 20.4 Å². The molecule has 3 N–H and O–H groups in total. The third kappa shape index (κ3) is 2.71. The van der Waals surface area contributed by atoms with Crippen molar-refractivity contribution >= 4 is 22.3 Å². The van der Waals surface area contributed by atoms with E-state index in [9.17, 15) is 0 Å². The topological polar surface area (TPSA) is 69.4 Å². The van der Waals surface area contributed by atoms with Crippen LogP contribution in [0, 0.1) is 5.92 Å². The van der Waals surface area contributed by atoms with E-state index in [-0.39, 0.29) is 0 Å². The van der Waals surface area contributed by atoms with Crippen LogP contribution in [0.4, 0.5) is 11.4 Å². The molecule has 2 aromatic rings. The number of nitrogens with one attached hydrogen (secondary N) is 1. The number of nitrogens with zero attached hydrogens (tertiary/aromatic N) is 1. The molecule has 2 rings (SSSR count). The lowest BCUT2D eigenvalue weighted by atomic mass is 10.1.